The number of nitrogens with one attached hydrogen (secondary N) is 1. The third-order valence-corrected chi connectivity index (χ3v) is 6.37. The monoisotopic (exact) mass is 392 g/mol. The number of hydrogen-bond donors (Lipinski definition) is 1. The fourth-order valence-electron chi connectivity index (χ4n) is 4.71. The quantitative estimate of drug-likeness (QED) is 0.779. The average molecular weight is 393 g/mol. The molecule has 2 aliphatic rings. The van der Waals surface area contributed by atoms with Gasteiger partial charge in [-0.05, 0) is 36.5 Å². The lowest BCUT2D eigenvalue weighted by Crippen LogP contribution is -2.41. The minimum atomic E-state index is 0.250. The van der Waals surface area contributed by atoms with Crippen LogP contribution < -0.4 is 10.1 Å². The Kier molecular flexibility index (Phi) is 6.50. The summed E-state index contributed by atoms with van der Waals surface area (Å²) in [5.41, 5.74) is 3.60. The summed E-state index contributed by atoms with van der Waals surface area (Å²) in [7, 11) is 1.71. The zero-order valence-electron chi connectivity index (χ0n) is 17.4. The standard InChI is InChI=1S/C25H32N2O2/c1-29-24-10-6-5-9-23(24)20-13-11-19(12-14-20)17-27-16-15-22(18-27)26-25(28)21-7-3-2-4-8-21/h5-6,9-14,21-22H,2-4,7-8,15-18H2,1H3,(H,26,28). The van der Waals surface area contributed by atoms with Crippen molar-refractivity contribution in [2.75, 3.05) is 20.2 Å². The molecule has 4 heteroatoms. The maximum absolute atomic E-state index is 12.5. The van der Waals surface area contributed by atoms with Crippen LogP contribution in [0.15, 0.2) is 48.5 Å². The van der Waals surface area contributed by atoms with Gasteiger partial charge in [-0.2, -0.15) is 0 Å². The number of amides is 1. The van der Waals surface area contributed by atoms with Crippen molar-refractivity contribution in [2.45, 2.75) is 51.1 Å². The third-order valence-electron chi connectivity index (χ3n) is 6.37. The highest BCUT2D eigenvalue weighted by atomic mass is 16.5. The zero-order valence-corrected chi connectivity index (χ0v) is 17.4. The normalized spacial score (nSPS) is 20.5. The van der Waals surface area contributed by atoms with E-state index in [1.807, 2.05) is 18.2 Å². The number of carbonyl (C=O) groups excluding carboxylic acids is 1. The van der Waals surface area contributed by atoms with Crippen molar-refractivity contribution >= 4 is 5.91 Å². The van der Waals surface area contributed by atoms with E-state index in [1.165, 1.54) is 30.4 Å². The number of methoxy groups -OCH3 is 1. The van der Waals surface area contributed by atoms with Crippen molar-refractivity contribution in [1.82, 2.24) is 10.2 Å². The van der Waals surface area contributed by atoms with Gasteiger partial charge in [0.2, 0.25) is 5.91 Å². The Bertz CT molecular complexity index is 812. The van der Waals surface area contributed by atoms with Gasteiger partial charge in [0.1, 0.15) is 5.75 Å². The molecule has 4 nitrogen and oxygen atoms in total. The van der Waals surface area contributed by atoms with Gasteiger partial charge < -0.3 is 10.1 Å². The van der Waals surface area contributed by atoms with E-state index in [4.69, 9.17) is 4.74 Å². The minimum Gasteiger partial charge on any atom is -0.496 e. The van der Waals surface area contributed by atoms with Gasteiger partial charge in [-0.25, -0.2) is 0 Å². The average Bonchev–Trinajstić information content (AvgIpc) is 3.21. The maximum Gasteiger partial charge on any atom is 0.223 e. The Balaban J connectivity index is 1.30. The van der Waals surface area contributed by atoms with Crippen molar-refractivity contribution in [3.63, 3.8) is 0 Å². The second-order valence-electron chi connectivity index (χ2n) is 8.46. The van der Waals surface area contributed by atoms with E-state index in [2.05, 4.69) is 40.5 Å². The summed E-state index contributed by atoms with van der Waals surface area (Å²) in [5.74, 6) is 1.44. The lowest BCUT2D eigenvalue weighted by Gasteiger charge is -2.23. The summed E-state index contributed by atoms with van der Waals surface area (Å²) in [6, 6.07) is 17.2. The van der Waals surface area contributed by atoms with Crippen LogP contribution in [0.25, 0.3) is 11.1 Å². The predicted molar refractivity (Wildman–Crippen MR) is 117 cm³/mol. The van der Waals surface area contributed by atoms with Crippen LogP contribution in [0.3, 0.4) is 0 Å². The van der Waals surface area contributed by atoms with E-state index < -0.39 is 0 Å². The van der Waals surface area contributed by atoms with Gasteiger partial charge in [0, 0.05) is 37.2 Å². The summed E-state index contributed by atoms with van der Waals surface area (Å²) in [6.45, 7) is 2.93. The van der Waals surface area contributed by atoms with E-state index in [0.717, 1.165) is 50.2 Å². The molecule has 4 rings (SSSR count). The largest absolute Gasteiger partial charge is 0.496 e. The van der Waals surface area contributed by atoms with Gasteiger partial charge in [0.25, 0.3) is 0 Å². The Labute approximate surface area is 174 Å². The first-order valence-electron chi connectivity index (χ1n) is 11.0. The number of rotatable bonds is 6. The highest BCUT2D eigenvalue weighted by molar-refractivity contribution is 5.79. The first-order valence-corrected chi connectivity index (χ1v) is 11.0. The summed E-state index contributed by atoms with van der Waals surface area (Å²) in [6.07, 6.45) is 6.90. The van der Waals surface area contributed by atoms with Crippen molar-refractivity contribution in [3.05, 3.63) is 54.1 Å². The molecule has 0 radical (unpaired) electrons. The SMILES string of the molecule is COc1ccccc1-c1ccc(CN2CCC(NC(=O)C3CCCCC3)C2)cc1. The van der Waals surface area contributed by atoms with Crippen LogP contribution in [0, 0.1) is 5.92 Å². The van der Waals surface area contributed by atoms with Gasteiger partial charge in [-0.3, -0.25) is 9.69 Å². The number of hydrogen-bond acceptors (Lipinski definition) is 3. The van der Waals surface area contributed by atoms with E-state index in [0.29, 0.717) is 6.04 Å². The molecule has 154 valence electrons. The van der Waals surface area contributed by atoms with Crippen LogP contribution in [-0.2, 0) is 11.3 Å². The van der Waals surface area contributed by atoms with Crippen LogP contribution in [0.1, 0.15) is 44.1 Å². The molecule has 1 atom stereocenters. The third kappa shape index (κ3) is 4.99. The molecule has 0 spiro atoms. The number of para-hydroxylation sites is 1. The lowest BCUT2D eigenvalue weighted by atomic mass is 9.88. The number of likely N-dealkylation sites (tertiary alicyclic amines) is 1. The Morgan fingerprint density at radius 2 is 1.79 bits per heavy atom. The lowest BCUT2D eigenvalue weighted by molar-refractivity contribution is -0.126. The van der Waals surface area contributed by atoms with E-state index in [1.54, 1.807) is 7.11 Å². The van der Waals surface area contributed by atoms with Crippen LogP contribution in [0.2, 0.25) is 0 Å². The smallest absolute Gasteiger partial charge is 0.223 e. The topological polar surface area (TPSA) is 41.6 Å². The summed E-state index contributed by atoms with van der Waals surface area (Å²) in [5, 5.41) is 3.31. The molecule has 0 bridgehead atoms. The number of benzene rings is 2. The molecule has 1 N–H and O–H groups in total. The van der Waals surface area contributed by atoms with E-state index in [9.17, 15) is 4.79 Å². The molecule has 1 heterocycles. The number of ether oxygens (including phenoxy) is 1. The first-order chi connectivity index (χ1) is 14.2. The molecule has 1 amide bonds. The van der Waals surface area contributed by atoms with Crippen LogP contribution in [-0.4, -0.2) is 37.0 Å². The molecule has 1 saturated heterocycles. The van der Waals surface area contributed by atoms with Gasteiger partial charge in [0.05, 0.1) is 7.11 Å². The molecule has 1 unspecified atom stereocenters. The molecule has 1 aliphatic carbocycles. The molecule has 0 aromatic heterocycles. The summed E-state index contributed by atoms with van der Waals surface area (Å²) in [4.78, 5) is 15.0. The fraction of sp³-hybridized carbons (Fsp3) is 0.480. The van der Waals surface area contributed by atoms with Crippen molar-refractivity contribution < 1.29 is 9.53 Å². The highest BCUT2D eigenvalue weighted by Gasteiger charge is 2.27. The molecule has 2 aromatic rings. The fourth-order valence-corrected chi connectivity index (χ4v) is 4.71. The van der Waals surface area contributed by atoms with Crippen molar-refractivity contribution in [1.29, 1.82) is 0 Å². The van der Waals surface area contributed by atoms with Crippen LogP contribution in [0.4, 0.5) is 0 Å². The Morgan fingerprint density at radius 1 is 1.03 bits per heavy atom. The molecule has 29 heavy (non-hydrogen) atoms. The first kappa shape index (κ1) is 20.0. The van der Waals surface area contributed by atoms with Crippen molar-refractivity contribution in [2.24, 2.45) is 5.92 Å². The van der Waals surface area contributed by atoms with Gasteiger partial charge in [0.15, 0.2) is 0 Å². The van der Waals surface area contributed by atoms with E-state index >= 15 is 0 Å². The molecular formula is C25H32N2O2. The Hall–Kier alpha value is -2.33. The maximum atomic E-state index is 12.5. The van der Waals surface area contributed by atoms with Crippen molar-refractivity contribution in [3.8, 4) is 16.9 Å². The van der Waals surface area contributed by atoms with Gasteiger partial charge >= 0.3 is 0 Å². The Morgan fingerprint density at radius 3 is 2.55 bits per heavy atom. The number of nitrogens with zero attached hydrogens (tertiary/aromatic N) is 1. The zero-order chi connectivity index (χ0) is 20.1. The predicted octanol–water partition coefficient (Wildman–Crippen LogP) is 4.63. The summed E-state index contributed by atoms with van der Waals surface area (Å²) < 4.78 is 5.48. The highest BCUT2D eigenvalue weighted by Crippen LogP contribution is 2.30. The van der Waals surface area contributed by atoms with E-state index in [-0.39, 0.29) is 11.8 Å². The number of carbonyl (C=O) groups is 1. The van der Waals surface area contributed by atoms with Crippen LogP contribution in [0.5, 0.6) is 5.75 Å². The van der Waals surface area contributed by atoms with Crippen LogP contribution >= 0.6 is 0 Å². The second-order valence-corrected chi connectivity index (χ2v) is 8.46. The summed E-state index contributed by atoms with van der Waals surface area (Å²) >= 11 is 0. The molecule has 2 fully saturated rings. The molecule has 1 aliphatic heterocycles. The minimum absolute atomic E-state index is 0.250. The van der Waals surface area contributed by atoms with Gasteiger partial charge in [-0.15, -0.1) is 0 Å². The molecular weight excluding hydrogens is 360 g/mol. The van der Waals surface area contributed by atoms with Gasteiger partial charge in [-0.1, -0.05) is 61.7 Å². The molecule has 2 aromatic carbocycles. The second kappa shape index (κ2) is 9.45. The molecule has 1 saturated carbocycles.